The number of para-hydroxylation sites is 1. The Morgan fingerprint density at radius 3 is 2.40 bits per heavy atom. The minimum atomic E-state index is -0.196. The van der Waals surface area contributed by atoms with Crippen LogP contribution in [0.3, 0.4) is 0 Å². The summed E-state index contributed by atoms with van der Waals surface area (Å²) in [6.45, 7) is 4.17. The lowest BCUT2D eigenvalue weighted by Crippen LogP contribution is -2.24. The van der Waals surface area contributed by atoms with Gasteiger partial charge in [-0.25, -0.2) is 0 Å². The Hall–Kier alpha value is -3.66. The second kappa shape index (κ2) is 6.99. The lowest BCUT2D eigenvalue weighted by Gasteiger charge is -2.16. The van der Waals surface area contributed by atoms with Crippen LogP contribution >= 0.6 is 0 Å². The molecule has 3 aromatic rings. The highest BCUT2D eigenvalue weighted by Crippen LogP contribution is 2.36. The molecule has 5 rings (SSSR count). The van der Waals surface area contributed by atoms with Gasteiger partial charge in [-0.3, -0.25) is 4.79 Å². The van der Waals surface area contributed by atoms with Gasteiger partial charge in [-0.1, -0.05) is 54.6 Å². The topological polar surface area (TPSA) is 41.9 Å². The maximum Gasteiger partial charge on any atom is 0.281 e. The van der Waals surface area contributed by atoms with Crippen LogP contribution in [-0.2, 0) is 11.2 Å². The van der Waals surface area contributed by atoms with Crippen molar-refractivity contribution < 1.29 is 9.53 Å². The fraction of sp³-hybridized carbons (Fsp3) is 0.154. The zero-order valence-electron chi connectivity index (χ0n) is 17.0. The number of amides is 1. The van der Waals surface area contributed by atoms with Crippen molar-refractivity contribution in [3.05, 3.63) is 101 Å². The summed E-state index contributed by atoms with van der Waals surface area (Å²) in [4.78, 5) is 13.3. The van der Waals surface area contributed by atoms with Crippen LogP contribution in [0.2, 0.25) is 0 Å². The highest BCUT2D eigenvalue weighted by molar-refractivity contribution is 6.37. The van der Waals surface area contributed by atoms with E-state index in [2.05, 4.69) is 19.9 Å². The van der Waals surface area contributed by atoms with Crippen LogP contribution in [0.25, 0.3) is 6.08 Å². The van der Waals surface area contributed by atoms with Crippen molar-refractivity contribution >= 4 is 23.4 Å². The van der Waals surface area contributed by atoms with Gasteiger partial charge in [0.05, 0.1) is 11.3 Å². The Labute approximate surface area is 176 Å². The molecule has 0 atom stereocenters. The average Bonchev–Trinajstić information content (AvgIpc) is 3.24. The van der Waals surface area contributed by atoms with E-state index in [0.717, 1.165) is 34.5 Å². The first kappa shape index (κ1) is 18.4. The smallest absolute Gasteiger partial charge is 0.281 e. The molecule has 3 aromatic carbocycles. The van der Waals surface area contributed by atoms with Gasteiger partial charge in [-0.2, -0.15) is 10.1 Å². The summed E-state index contributed by atoms with van der Waals surface area (Å²) in [6, 6.07) is 25.5. The summed E-state index contributed by atoms with van der Waals surface area (Å²) in [6.07, 6.45) is 2.78. The summed E-state index contributed by atoms with van der Waals surface area (Å²) < 4.78 is 5.99. The summed E-state index contributed by atoms with van der Waals surface area (Å²) in [5.74, 6) is 0.792. The van der Waals surface area contributed by atoms with Gasteiger partial charge in [0.15, 0.2) is 0 Å². The molecule has 0 saturated heterocycles. The third-order valence-corrected chi connectivity index (χ3v) is 5.32. The molecule has 0 unspecified atom stereocenters. The molecule has 0 bridgehead atoms. The molecule has 2 heterocycles. The Morgan fingerprint density at radius 1 is 0.967 bits per heavy atom. The summed E-state index contributed by atoms with van der Waals surface area (Å²) in [5.41, 5.74) is 4.88. The first-order chi connectivity index (χ1) is 14.5. The van der Waals surface area contributed by atoms with Gasteiger partial charge in [0, 0.05) is 12.0 Å². The molecule has 4 nitrogen and oxygen atoms in total. The maximum absolute atomic E-state index is 13.3. The number of ether oxygens (including phenoxy) is 1. The number of nitrogens with zero attached hydrogens (tertiary/aromatic N) is 2. The highest BCUT2D eigenvalue weighted by atomic mass is 16.5. The molecule has 0 saturated carbocycles. The Kier molecular flexibility index (Phi) is 4.28. The van der Waals surface area contributed by atoms with Gasteiger partial charge in [0.25, 0.3) is 5.91 Å². The number of hydrogen-bond acceptors (Lipinski definition) is 3. The Bertz CT molecular complexity index is 1180. The predicted octanol–water partition coefficient (Wildman–Crippen LogP) is 5.23. The van der Waals surface area contributed by atoms with E-state index in [-0.39, 0.29) is 11.5 Å². The van der Waals surface area contributed by atoms with Crippen LogP contribution in [0.1, 0.15) is 30.5 Å². The quantitative estimate of drug-likeness (QED) is 0.571. The van der Waals surface area contributed by atoms with Crippen molar-refractivity contribution in [3.8, 4) is 5.75 Å². The molecular weight excluding hydrogens is 372 g/mol. The third-order valence-electron chi connectivity index (χ3n) is 5.32. The minimum Gasteiger partial charge on any atom is -0.487 e. The lowest BCUT2D eigenvalue weighted by atomic mass is 9.97. The van der Waals surface area contributed by atoms with Gasteiger partial charge in [0.2, 0.25) is 0 Å². The molecule has 1 amide bonds. The zero-order chi connectivity index (χ0) is 20.7. The largest absolute Gasteiger partial charge is 0.487 e. The molecule has 148 valence electrons. The molecule has 2 aliphatic heterocycles. The van der Waals surface area contributed by atoms with E-state index in [1.807, 2.05) is 78.9 Å². The number of hydrogen-bond donors (Lipinski definition) is 0. The van der Waals surface area contributed by atoms with E-state index >= 15 is 0 Å². The Balaban J connectivity index is 1.58. The van der Waals surface area contributed by atoms with Crippen LogP contribution in [0.4, 0.5) is 5.69 Å². The van der Waals surface area contributed by atoms with E-state index in [4.69, 9.17) is 9.84 Å². The SMILES string of the molecule is CC1(C)Cc2cc(/C=C3\C(=O)N(c4ccccc4)N=C3c3ccccc3)ccc2O1. The van der Waals surface area contributed by atoms with Crippen molar-refractivity contribution in [1.82, 2.24) is 0 Å². The van der Waals surface area contributed by atoms with E-state index in [1.54, 1.807) is 0 Å². The fourth-order valence-corrected chi connectivity index (χ4v) is 3.98. The maximum atomic E-state index is 13.3. The first-order valence-electron chi connectivity index (χ1n) is 10.1. The number of benzene rings is 3. The second-order valence-corrected chi connectivity index (χ2v) is 8.23. The van der Waals surface area contributed by atoms with Gasteiger partial charge in [-0.05, 0) is 55.3 Å². The summed E-state index contributed by atoms with van der Waals surface area (Å²) >= 11 is 0. The number of rotatable bonds is 3. The first-order valence-corrected chi connectivity index (χ1v) is 10.1. The van der Waals surface area contributed by atoms with E-state index in [9.17, 15) is 4.79 Å². The van der Waals surface area contributed by atoms with Crippen LogP contribution < -0.4 is 9.75 Å². The van der Waals surface area contributed by atoms with Crippen LogP contribution in [0, 0.1) is 0 Å². The highest BCUT2D eigenvalue weighted by Gasteiger charge is 2.33. The number of fused-ring (bicyclic) bond motifs is 1. The number of hydrazone groups is 1. The van der Waals surface area contributed by atoms with E-state index < -0.39 is 0 Å². The molecular formula is C26H22N2O2. The van der Waals surface area contributed by atoms with E-state index in [0.29, 0.717) is 11.3 Å². The number of carbonyl (C=O) groups excluding carboxylic acids is 1. The van der Waals surface area contributed by atoms with Gasteiger partial charge >= 0.3 is 0 Å². The van der Waals surface area contributed by atoms with Crippen molar-refractivity contribution in [2.24, 2.45) is 5.10 Å². The molecule has 2 aliphatic rings. The molecule has 30 heavy (non-hydrogen) atoms. The van der Waals surface area contributed by atoms with Gasteiger partial charge in [0.1, 0.15) is 17.1 Å². The fourth-order valence-electron chi connectivity index (χ4n) is 3.98. The minimum absolute atomic E-state index is 0.128. The van der Waals surface area contributed by atoms with Gasteiger partial charge in [-0.15, -0.1) is 0 Å². The van der Waals surface area contributed by atoms with Crippen LogP contribution in [0.5, 0.6) is 5.75 Å². The average molecular weight is 394 g/mol. The van der Waals surface area contributed by atoms with Gasteiger partial charge < -0.3 is 4.74 Å². The van der Waals surface area contributed by atoms with Crippen molar-refractivity contribution in [3.63, 3.8) is 0 Å². The molecule has 0 N–H and O–H groups in total. The standard InChI is InChI=1S/C26H22N2O2/c1-26(2)17-20-15-18(13-14-23(20)30-26)16-22-24(19-9-5-3-6-10-19)27-28(25(22)29)21-11-7-4-8-12-21/h3-16H,17H2,1-2H3/b22-16-. The molecule has 0 aromatic heterocycles. The van der Waals surface area contributed by atoms with Crippen molar-refractivity contribution in [2.45, 2.75) is 25.9 Å². The van der Waals surface area contributed by atoms with Crippen LogP contribution in [-0.4, -0.2) is 17.2 Å². The second-order valence-electron chi connectivity index (χ2n) is 8.23. The monoisotopic (exact) mass is 394 g/mol. The van der Waals surface area contributed by atoms with E-state index in [1.165, 1.54) is 5.01 Å². The predicted molar refractivity (Wildman–Crippen MR) is 120 cm³/mol. The molecule has 0 fully saturated rings. The zero-order valence-corrected chi connectivity index (χ0v) is 17.0. The summed E-state index contributed by atoms with van der Waals surface area (Å²) in [7, 11) is 0. The number of anilines is 1. The summed E-state index contributed by atoms with van der Waals surface area (Å²) in [5, 5.41) is 6.17. The van der Waals surface area contributed by atoms with Crippen molar-refractivity contribution in [2.75, 3.05) is 5.01 Å². The third kappa shape index (κ3) is 3.30. The number of carbonyl (C=O) groups is 1. The van der Waals surface area contributed by atoms with Crippen LogP contribution in [0.15, 0.2) is 89.5 Å². The molecule has 4 heteroatoms. The molecule has 0 aliphatic carbocycles. The molecule has 0 spiro atoms. The van der Waals surface area contributed by atoms with Crippen molar-refractivity contribution in [1.29, 1.82) is 0 Å². The Morgan fingerprint density at radius 2 is 1.67 bits per heavy atom. The lowest BCUT2D eigenvalue weighted by molar-refractivity contribution is -0.114. The molecule has 0 radical (unpaired) electrons. The normalized spacial score (nSPS) is 18.3.